The van der Waals surface area contributed by atoms with E-state index in [0.717, 1.165) is 17.5 Å². The lowest BCUT2D eigenvalue weighted by Gasteiger charge is -1.92. The van der Waals surface area contributed by atoms with Gasteiger partial charge in [0.15, 0.2) is 5.78 Å². The topological polar surface area (TPSA) is 32.9 Å². The number of ketones is 1. The molecule has 0 amide bonds. The summed E-state index contributed by atoms with van der Waals surface area (Å²) in [6.07, 6.45) is 4.54. The van der Waals surface area contributed by atoms with Crippen molar-refractivity contribution in [3.05, 3.63) is 23.5 Å². The van der Waals surface area contributed by atoms with E-state index in [2.05, 4.69) is 4.98 Å². The summed E-state index contributed by atoms with van der Waals surface area (Å²) in [4.78, 5) is 13.8. The molecular formula is C8H11NO. The van der Waals surface area contributed by atoms with Gasteiger partial charge in [-0.1, -0.05) is 6.92 Å². The number of H-pyrrole nitrogens is 1. The third-order valence-corrected chi connectivity index (χ3v) is 1.59. The van der Waals surface area contributed by atoms with Crippen molar-refractivity contribution in [2.45, 2.75) is 20.3 Å². The molecule has 1 N–H and O–H groups in total. The Labute approximate surface area is 60.3 Å². The number of aromatic amines is 1. The molecule has 0 aromatic carbocycles. The number of hydrogen-bond donors (Lipinski definition) is 1. The van der Waals surface area contributed by atoms with E-state index in [-0.39, 0.29) is 5.78 Å². The van der Waals surface area contributed by atoms with Gasteiger partial charge in [-0.25, -0.2) is 0 Å². The van der Waals surface area contributed by atoms with Crippen LogP contribution in [0.4, 0.5) is 0 Å². The Morgan fingerprint density at radius 3 is 2.70 bits per heavy atom. The number of rotatable bonds is 2. The van der Waals surface area contributed by atoms with Crippen molar-refractivity contribution in [3.63, 3.8) is 0 Å². The van der Waals surface area contributed by atoms with Gasteiger partial charge in [-0.2, -0.15) is 0 Å². The lowest BCUT2D eigenvalue weighted by Crippen LogP contribution is -1.93. The predicted molar refractivity (Wildman–Crippen MR) is 40.2 cm³/mol. The summed E-state index contributed by atoms with van der Waals surface area (Å²) in [5.41, 5.74) is 1.93. The molecule has 0 saturated heterocycles. The summed E-state index contributed by atoms with van der Waals surface area (Å²) in [6, 6.07) is 0. The minimum Gasteiger partial charge on any atom is -0.367 e. The van der Waals surface area contributed by atoms with Crippen LogP contribution < -0.4 is 0 Å². The summed E-state index contributed by atoms with van der Waals surface area (Å²) >= 11 is 0. The third-order valence-electron chi connectivity index (χ3n) is 1.59. The maximum absolute atomic E-state index is 10.9. The SMILES string of the molecule is CCc1c[nH]cc1C(C)=O. The molecule has 0 bridgehead atoms. The second-order valence-electron chi connectivity index (χ2n) is 2.30. The predicted octanol–water partition coefficient (Wildman–Crippen LogP) is 1.78. The minimum atomic E-state index is 0.137. The van der Waals surface area contributed by atoms with Crippen LogP contribution in [0.3, 0.4) is 0 Å². The zero-order chi connectivity index (χ0) is 7.56. The highest BCUT2D eigenvalue weighted by atomic mass is 16.1. The highest BCUT2D eigenvalue weighted by Crippen LogP contribution is 2.08. The van der Waals surface area contributed by atoms with Gasteiger partial charge >= 0.3 is 0 Å². The summed E-state index contributed by atoms with van der Waals surface area (Å²) < 4.78 is 0. The van der Waals surface area contributed by atoms with E-state index in [1.54, 1.807) is 13.1 Å². The summed E-state index contributed by atoms with van der Waals surface area (Å²) in [7, 11) is 0. The third kappa shape index (κ3) is 1.10. The normalized spacial score (nSPS) is 9.80. The molecular weight excluding hydrogens is 126 g/mol. The monoisotopic (exact) mass is 137 g/mol. The molecule has 1 heterocycles. The molecule has 0 radical (unpaired) electrons. The first-order valence-electron chi connectivity index (χ1n) is 3.42. The fraction of sp³-hybridized carbons (Fsp3) is 0.375. The van der Waals surface area contributed by atoms with Crippen LogP contribution in [-0.2, 0) is 6.42 Å². The van der Waals surface area contributed by atoms with E-state index in [0.29, 0.717) is 0 Å². The molecule has 0 spiro atoms. The summed E-state index contributed by atoms with van der Waals surface area (Å²) in [5, 5.41) is 0. The molecule has 0 aliphatic carbocycles. The van der Waals surface area contributed by atoms with Gasteiger partial charge in [-0.15, -0.1) is 0 Å². The van der Waals surface area contributed by atoms with Gasteiger partial charge in [0.1, 0.15) is 0 Å². The first-order valence-corrected chi connectivity index (χ1v) is 3.42. The van der Waals surface area contributed by atoms with Crippen molar-refractivity contribution in [1.82, 2.24) is 4.98 Å². The molecule has 0 unspecified atom stereocenters. The van der Waals surface area contributed by atoms with Gasteiger partial charge in [0.05, 0.1) is 0 Å². The molecule has 1 aromatic heterocycles. The molecule has 1 aromatic rings. The molecule has 2 nitrogen and oxygen atoms in total. The average Bonchev–Trinajstić information content (AvgIpc) is 2.33. The number of nitrogens with one attached hydrogen (secondary N) is 1. The van der Waals surface area contributed by atoms with E-state index in [4.69, 9.17) is 0 Å². The van der Waals surface area contributed by atoms with Crippen molar-refractivity contribution in [3.8, 4) is 0 Å². The maximum Gasteiger partial charge on any atom is 0.161 e. The molecule has 54 valence electrons. The van der Waals surface area contributed by atoms with Gasteiger partial charge in [-0.05, 0) is 18.9 Å². The standard InChI is InChI=1S/C8H11NO/c1-3-7-4-9-5-8(7)6(2)10/h4-5,9H,3H2,1-2H3. The second kappa shape index (κ2) is 2.69. The molecule has 0 aliphatic rings. The Balaban J connectivity index is 3.01. The van der Waals surface area contributed by atoms with E-state index < -0.39 is 0 Å². The summed E-state index contributed by atoms with van der Waals surface area (Å²) in [5.74, 6) is 0.137. The van der Waals surface area contributed by atoms with Crippen LogP contribution in [0.2, 0.25) is 0 Å². The Kier molecular flexibility index (Phi) is 1.90. The van der Waals surface area contributed by atoms with Crippen LogP contribution in [0.15, 0.2) is 12.4 Å². The van der Waals surface area contributed by atoms with Gasteiger partial charge in [-0.3, -0.25) is 4.79 Å². The van der Waals surface area contributed by atoms with Gasteiger partial charge < -0.3 is 4.98 Å². The Morgan fingerprint density at radius 1 is 1.60 bits per heavy atom. The number of aryl methyl sites for hydroxylation is 1. The van der Waals surface area contributed by atoms with Gasteiger partial charge in [0.25, 0.3) is 0 Å². The lowest BCUT2D eigenvalue weighted by molar-refractivity contribution is 0.101. The maximum atomic E-state index is 10.9. The number of aromatic nitrogens is 1. The van der Waals surface area contributed by atoms with Crippen LogP contribution in [0.25, 0.3) is 0 Å². The van der Waals surface area contributed by atoms with Crippen LogP contribution in [0.1, 0.15) is 29.8 Å². The zero-order valence-electron chi connectivity index (χ0n) is 6.27. The van der Waals surface area contributed by atoms with Crippen molar-refractivity contribution in [1.29, 1.82) is 0 Å². The fourth-order valence-electron chi connectivity index (χ4n) is 1.02. The lowest BCUT2D eigenvalue weighted by atomic mass is 10.1. The molecule has 0 aliphatic heterocycles. The van der Waals surface area contributed by atoms with E-state index in [9.17, 15) is 4.79 Å². The molecule has 0 fully saturated rings. The Bertz CT molecular complexity index is 237. The van der Waals surface area contributed by atoms with Crippen LogP contribution in [0.5, 0.6) is 0 Å². The number of carbonyl (C=O) groups excluding carboxylic acids is 1. The van der Waals surface area contributed by atoms with Crippen molar-refractivity contribution in [2.75, 3.05) is 0 Å². The van der Waals surface area contributed by atoms with E-state index >= 15 is 0 Å². The van der Waals surface area contributed by atoms with Crippen molar-refractivity contribution < 1.29 is 4.79 Å². The quantitative estimate of drug-likeness (QED) is 0.619. The zero-order valence-corrected chi connectivity index (χ0v) is 6.27. The average molecular weight is 137 g/mol. The minimum absolute atomic E-state index is 0.137. The van der Waals surface area contributed by atoms with Crippen molar-refractivity contribution >= 4 is 5.78 Å². The van der Waals surface area contributed by atoms with Gasteiger partial charge in [0.2, 0.25) is 0 Å². The first-order chi connectivity index (χ1) is 4.75. The molecule has 0 saturated carbocycles. The number of carbonyl (C=O) groups is 1. The molecule has 10 heavy (non-hydrogen) atoms. The highest BCUT2D eigenvalue weighted by molar-refractivity contribution is 5.95. The molecule has 0 atom stereocenters. The second-order valence-corrected chi connectivity index (χ2v) is 2.30. The van der Waals surface area contributed by atoms with Crippen molar-refractivity contribution in [2.24, 2.45) is 0 Å². The largest absolute Gasteiger partial charge is 0.367 e. The first kappa shape index (κ1) is 7.06. The fourth-order valence-corrected chi connectivity index (χ4v) is 1.02. The molecule has 2 heteroatoms. The smallest absolute Gasteiger partial charge is 0.161 e. The number of hydrogen-bond acceptors (Lipinski definition) is 1. The van der Waals surface area contributed by atoms with E-state index in [1.165, 1.54) is 0 Å². The highest BCUT2D eigenvalue weighted by Gasteiger charge is 2.04. The Hall–Kier alpha value is -1.05. The van der Waals surface area contributed by atoms with Crippen LogP contribution >= 0.6 is 0 Å². The van der Waals surface area contributed by atoms with Gasteiger partial charge in [0, 0.05) is 18.0 Å². The van der Waals surface area contributed by atoms with Crippen LogP contribution in [0, 0.1) is 0 Å². The number of Topliss-reactive ketones (excluding diaryl/α,β-unsaturated/α-hetero) is 1. The van der Waals surface area contributed by atoms with E-state index in [1.807, 2.05) is 13.1 Å². The molecule has 1 rings (SSSR count). The Morgan fingerprint density at radius 2 is 2.30 bits per heavy atom. The van der Waals surface area contributed by atoms with Crippen LogP contribution in [-0.4, -0.2) is 10.8 Å². The summed E-state index contributed by atoms with van der Waals surface area (Å²) in [6.45, 7) is 3.62.